The van der Waals surface area contributed by atoms with Crippen LogP contribution in [0.15, 0.2) is 36.9 Å². The van der Waals surface area contributed by atoms with Crippen LogP contribution in [0.3, 0.4) is 0 Å². The van der Waals surface area contributed by atoms with E-state index in [-0.39, 0.29) is 18.7 Å². The maximum Gasteiger partial charge on any atom is 0.573 e. The van der Waals surface area contributed by atoms with E-state index in [1.54, 1.807) is 18.4 Å². The van der Waals surface area contributed by atoms with Crippen LogP contribution in [0.2, 0.25) is 0 Å². The SMILES string of the molecule is C[C@H](Cn1cnc2c(N)ncnc21)OCP(=O)(NC(C)(C)C(=O)O)N(C)[C@H](C)c1ccc(OC(F)(F)F)cc1. The Hall–Kier alpha value is -3.26. The normalized spacial score (nSPS) is 15.7. The van der Waals surface area contributed by atoms with E-state index in [0.29, 0.717) is 16.7 Å². The first kappa shape index (κ1) is 30.3. The maximum absolute atomic E-state index is 14.3. The molecule has 3 atom stereocenters. The van der Waals surface area contributed by atoms with Gasteiger partial charge in [0.2, 0.25) is 7.44 Å². The van der Waals surface area contributed by atoms with Gasteiger partial charge in [-0.2, -0.15) is 0 Å². The molecule has 2 heterocycles. The number of nitrogens with two attached hydrogens (primary N) is 1. The number of hydrogen-bond donors (Lipinski definition) is 3. The highest BCUT2D eigenvalue weighted by Gasteiger charge is 2.41. The number of aromatic nitrogens is 4. The lowest BCUT2D eigenvalue weighted by atomic mass is 10.1. The zero-order valence-corrected chi connectivity index (χ0v) is 22.9. The monoisotopic (exact) mass is 573 g/mol. The minimum atomic E-state index is -4.83. The summed E-state index contributed by atoms with van der Waals surface area (Å²) in [6.07, 6.45) is -2.87. The number of carboxylic acids is 1. The number of imidazole rings is 1. The number of nitrogen functional groups attached to an aromatic ring is 1. The molecule has 16 heteroatoms. The molecule has 3 rings (SSSR count). The Kier molecular flexibility index (Phi) is 8.90. The topological polar surface area (TPSA) is 158 Å². The van der Waals surface area contributed by atoms with Gasteiger partial charge >= 0.3 is 12.3 Å². The number of nitrogens with one attached hydrogen (secondary N) is 1. The van der Waals surface area contributed by atoms with Crippen molar-refractivity contribution < 1.29 is 37.1 Å². The molecule has 3 aromatic rings. The molecule has 12 nitrogen and oxygen atoms in total. The highest BCUT2D eigenvalue weighted by Crippen LogP contribution is 2.51. The molecule has 214 valence electrons. The number of ether oxygens (including phenoxy) is 2. The summed E-state index contributed by atoms with van der Waals surface area (Å²) in [6.45, 7) is 6.44. The zero-order chi connectivity index (χ0) is 29.2. The molecule has 0 aliphatic rings. The molecule has 0 radical (unpaired) electrons. The Morgan fingerprint density at radius 3 is 2.44 bits per heavy atom. The van der Waals surface area contributed by atoms with Gasteiger partial charge in [-0.1, -0.05) is 12.1 Å². The van der Waals surface area contributed by atoms with Crippen molar-refractivity contribution in [2.75, 3.05) is 19.1 Å². The van der Waals surface area contributed by atoms with Crippen LogP contribution in [0, 0.1) is 0 Å². The summed E-state index contributed by atoms with van der Waals surface area (Å²) >= 11 is 0. The van der Waals surface area contributed by atoms with Gasteiger partial charge in [-0.15, -0.1) is 13.2 Å². The molecule has 4 N–H and O–H groups in total. The predicted molar refractivity (Wildman–Crippen MR) is 137 cm³/mol. The van der Waals surface area contributed by atoms with E-state index in [2.05, 4.69) is 24.8 Å². The van der Waals surface area contributed by atoms with Crippen molar-refractivity contribution in [3.63, 3.8) is 0 Å². The minimum absolute atomic E-state index is 0.227. The molecule has 0 spiro atoms. The number of aliphatic carboxylic acids is 1. The van der Waals surface area contributed by atoms with E-state index in [1.807, 2.05) is 0 Å². The van der Waals surface area contributed by atoms with Crippen molar-refractivity contribution >= 4 is 30.4 Å². The molecule has 0 saturated heterocycles. The fraction of sp³-hybridized carbons (Fsp3) is 0.478. The average Bonchev–Trinajstić information content (AvgIpc) is 3.25. The first-order valence-electron chi connectivity index (χ1n) is 11.8. The van der Waals surface area contributed by atoms with Crippen molar-refractivity contribution in [1.82, 2.24) is 29.3 Å². The molecule has 0 aliphatic carbocycles. The number of rotatable bonds is 12. The Bertz CT molecular complexity index is 1350. The van der Waals surface area contributed by atoms with Crippen molar-refractivity contribution in [2.24, 2.45) is 0 Å². The molecular weight excluding hydrogens is 542 g/mol. The summed E-state index contributed by atoms with van der Waals surface area (Å²) in [4.78, 5) is 24.1. The van der Waals surface area contributed by atoms with Gasteiger partial charge in [-0.3, -0.25) is 9.36 Å². The van der Waals surface area contributed by atoms with E-state index >= 15 is 0 Å². The zero-order valence-electron chi connectivity index (χ0n) is 22.0. The molecule has 2 aromatic heterocycles. The number of hydrogen-bond acceptors (Lipinski definition) is 8. The predicted octanol–water partition coefficient (Wildman–Crippen LogP) is 4.01. The molecule has 39 heavy (non-hydrogen) atoms. The average molecular weight is 574 g/mol. The first-order valence-corrected chi connectivity index (χ1v) is 13.6. The van der Waals surface area contributed by atoms with Gasteiger partial charge in [0.05, 0.1) is 19.0 Å². The largest absolute Gasteiger partial charge is 0.573 e. The number of fused-ring (bicyclic) bond motifs is 1. The van der Waals surface area contributed by atoms with Crippen LogP contribution in [-0.4, -0.2) is 66.7 Å². The van der Waals surface area contributed by atoms with Gasteiger partial charge < -0.3 is 24.9 Å². The summed E-state index contributed by atoms with van der Waals surface area (Å²) in [5.74, 6) is -1.40. The van der Waals surface area contributed by atoms with Gasteiger partial charge in [0.15, 0.2) is 11.5 Å². The fourth-order valence-corrected chi connectivity index (χ4v) is 6.24. The maximum atomic E-state index is 14.3. The summed E-state index contributed by atoms with van der Waals surface area (Å²) in [5, 5.41) is 12.4. The lowest BCUT2D eigenvalue weighted by molar-refractivity contribution is -0.274. The van der Waals surface area contributed by atoms with Crippen molar-refractivity contribution in [3.8, 4) is 5.75 Å². The Morgan fingerprint density at radius 2 is 1.85 bits per heavy atom. The van der Waals surface area contributed by atoms with Crippen LogP contribution in [0.1, 0.15) is 39.3 Å². The van der Waals surface area contributed by atoms with Gasteiger partial charge in [0.25, 0.3) is 0 Å². The Labute approximate surface area is 222 Å². The summed E-state index contributed by atoms with van der Waals surface area (Å²) in [7, 11) is -2.23. The molecule has 0 fully saturated rings. The second-order valence-corrected chi connectivity index (χ2v) is 12.1. The molecule has 0 amide bonds. The van der Waals surface area contributed by atoms with Gasteiger partial charge in [0, 0.05) is 6.04 Å². The summed E-state index contributed by atoms with van der Waals surface area (Å²) < 4.78 is 64.8. The number of carbonyl (C=O) groups is 1. The lowest BCUT2D eigenvalue weighted by Gasteiger charge is -2.38. The number of nitrogens with zero attached hydrogens (tertiary/aromatic N) is 5. The van der Waals surface area contributed by atoms with Crippen LogP contribution in [-0.2, 0) is 20.6 Å². The van der Waals surface area contributed by atoms with Crippen LogP contribution in [0.4, 0.5) is 19.0 Å². The van der Waals surface area contributed by atoms with E-state index in [4.69, 9.17) is 10.5 Å². The number of carboxylic acid groups (broad SMARTS) is 1. The Morgan fingerprint density at radius 1 is 1.21 bits per heavy atom. The second-order valence-electron chi connectivity index (χ2n) is 9.54. The van der Waals surface area contributed by atoms with Crippen molar-refractivity contribution in [3.05, 3.63) is 42.5 Å². The summed E-state index contributed by atoms with van der Waals surface area (Å²) in [6, 6.07) is 4.52. The second kappa shape index (κ2) is 11.5. The van der Waals surface area contributed by atoms with Crippen LogP contribution >= 0.6 is 7.44 Å². The third-order valence-electron chi connectivity index (χ3n) is 6.07. The van der Waals surface area contributed by atoms with Gasteiger partial charge in [0.1, 0.15) is 29.5 Å². The van der Waals surface area contributed by atoms with E-state index < -0.39 is 43.2 Å². The highest BCUT2D eigenvalue weighted by atomic mass is 31.2. The summed E-state index contributed by atoms with van der Waals surface area (Å²) in [5.41, 5.74) is 5.69. The minimum Gasteiger partial charge on any atom is -0.480 e. The van der Waals surface area contributed by atoms with Crippen LogP contribution in [0.5, 0.6) is 5.75 Å². The molecule has 0 bridgehead atoms. The molecule has 0 aliphatic heterocycles. The van der Waals surface area contributed by atoms with Crippen molar-refractivity contribution in [2.45, 2.75) is 58.3 Å². The van der Waals surface area contributed by atoms with Crippen molar-refractivity contribution in [1.29, 1.82) is 0 Å². The molecule has 1 aromatic carbocycles. The number of benzene rings is 1. The molecule has 0 saturated carbocycles. The standard InChI is InChI=1S/C23H31F3N7O5P/c1-14(10-33-12-30-18-19(27)28-11-29-20(18)33)37-13-39(36,31-22(3,4)21(34)35)32(5)15(2)16-6-8-17(9-7-16)38-23(24,25)26/h6-9,11-12,14-15H,10,13H2,1-5H3,(H,31,36)(H,34,35)(H2,27,28,29)/t14-,15-,39?/m1/s1. The smallest absolute Gasteiger partial charge is 0.480 e. The third kappa shape index (κ3) is 7.44. The van der Waals surface area contributed by atoms with Crippen LogP contribution in [0.25, 0.3) is 11.2 Å². The molecule has 1 unspecified atom stereocenters. The number of anilines is 1. The molecular formula is C23H31F3N7O5P. The highest BCUT2D eigenvalue weighted by molar-refractivity contribution is 7.59. The third-order valence-corrected chi connectivity index (χ3v) is 8.85. The lowest BCUT2D eigenvalue weighted by Crippen LogP contribution is -2.48. The first-order chi connectivity index (χ1) is 18.0. The quantitative estimate of drug-likeness (QED) is 0.269. The van der Waals surface area contributed by atoms with Gasteiger partial charge in [-0.25, -0.2) is 24.7 Å². The Balaban J connectivity index is 1.79. The fourth-order valence-electron chi connectivity index (χ4n) is 3.72. The number of alkyl halides is 3. The van der Waals surface area contributed by atoms with E-state index in [0.717, 1.165) is 12.1 Å². The van der Waals surface area contributed by atoms with E-state index in [1.165, 1.54) is 50.4 Å². The number of halogens is 3. The van der Waals surface area contributed by atoms with Crippen LogP contribution < -0.4 is 15.6 Å². The van der Waals surface area contributed by atoms with E-state index in [9.17, 15) is 27.6 Å². The van der Waals surface area contributed by atoms with Gasteiger partial charge in [-0.05, 0) is 52.4 Å².